The van der Waals surface area contributed by atoms with Crippen molar-refractivity contribution in [1.29, 1.82) is 0 Å². The number of benzene rings is 1. The number of terminal acetylenes is 1. The summed E-state index contributed by atoms with van der Waals surface area (Å²) in [6, 6.07) is 3.37. The van der Waals surface area contributed by atoms with Gasteiger partial charge in [-0.05, 0) is 40.0 Å². The van der Waals surface area contributed by atoms with E-state index < -0.39 is 0 Å². The molecule has 3 heteroatoms. The molecule has 0 bridgehead atoms. The second kappa shape index (κ2) is 4.55. The zero-order valence-electron chi connectivity index (χ0n) is 6.85. The summed E-state index contributed by atoms with van der Waals surface area (Å²) in [4.78, 5) is 0. The molecule has 0 amide bonds. The van der Waals surface area contributed by atoms with Gasteiger partial charge in [0.05, 0.1) is 4.47 Å². The van der Waals surface area contributed by atoms with E-state index in [0.29, 0.717) is 22.3 Å². The monoisotopic (exact) mass is 258 g/mol. The smallest absolute Gasteiger partial charge is 0.133 e. The zero-order chi connectivity index (χ0) is 9.84. The summed E-state index contributed by atoms with van der Waals surface area (Å²) in [5.74, 6) is 2.73. The zero-order valence-corrected chi connectivity index (χ0v) is 9.19. The molecule has 1 aromatic carbocycles. The number of hydrogen-bond acceptors (Lipinski definition) is 1. The van der Waals surface area contributed by atoms with Crippen LogP contribution in [0.5, 0.6) is 5.75 Å². The van der Waals surface area contributed by atoms with Gasteiger partial charge in [0, 0.05) is 11.4 Å². The van der Waals surface area contributed by atoms with Gasteiger partial charge in [-0.2, -0.15) is 0 Å². The number of aryl methyl sites for hydroxylation is 1. The van der Waals surface area contributed by atoms with Crippen LogP contribution in [-0.4, -0.2) is 5.11 Å². The van der Waals surface area contributed by atoms with Gasteiger partial charge in [-0.1, -0.05) is 11.6 Å². The van der Waals surface area contributed by atoms with Gasteiger partial charge in [-0.25, -0.2) is 0 Å². The third-order valence-electron chi connectivity index (χ3n) is 1.65. The van der Waals surface area contributed by atoms with Gasteiger partial charge >= 0.3 is 0 Å². The number of phenols is 1. The normalized spacial score (nSPS) is 9.62. The molecule has 0 aliphatic rings. The fraction of sp³-hybridized carbons (Fsp3) is 0.200. The average molecular weight is 260 g/mol. The van der Waals surface area contributed by atoms with Gasteiger partial charge < -0.3 is 5.11 Å². The minimum Gasteiger partial charge on any atom is -0.506 e. The molecule has 0 aliphatic heterocycles. The lowest BCUT2D eigenvalue weighted by atomic mass is 10.1. The molecular weight excluding hydrogens is 251 g/mol. The molecule has 0 heterocycles. The van der Waals surface area contributed by atoms with Crippen LogP contribution in [0.15, 0.2) is 16.6 Å². The lowest BCUT2D eigenvalue weighted by Crippen LogP contribution is -1.86. The summed E-state index contributed by atoms with van der Waals surface area (Å²) in [5.41, 5.74) is 0.775. The van der Waals surface area contributed by atoms with E-state index >= 15 is 0 Å². The van der Waals surface area contributed by atoms with Crippen LogP contribution in [0.3, 0.4) is 0 Å². The van der Waals surface area contributed by atoms with E-state index in [4.69, 9.17) is 18.0 Å². The molecule has 0 aliphatic carbocycles. The quantitative estimate of drug-likeness (QED) is 0.807. The Morgan fingerprint density at radius 3 is 2.85 bits per heavy atom. The lowest BCUT2D eigenvalue weighted by molar-refractivity contribution is 0.465. The minimum absolute atomic E-state index is 0.222. The first kappa shape index (κ1) is 10.4. The predicted molar refractivity (Wildman–Crippen MR) is 58.0 cm³/mol. The Hall–Kier alpha value is -0.650. The molecule has 1 aromatic rings. The van der Waals surface area contributed by atoms with Crippen LogP contribution < -0.4 is 0 Å². The highest BCUT2D eigenvalue weighted by atomic mass is 79.9. The molecule has 13 heavy (non-hydrogen) atoms. The molecule has 0 saturated heterocycles. The van der Waals surface area contributed by atoms with E-state index in [2.05, 4.69) is 21.9 Å². The SMILES string of the molecule is C#CCCc1cc(Cl)cc(Br)c1O. The van der Waals surface area contributed by atoms with Crippen molar-refractivity contribution in [2.75, 3.05) is 0 Å². The number of phenolic OH excluding ortho intramolecular Hbond substituents is 1. The first-order valence-electron chi connectivity index (χ1n) is 3.75. The average Bonchev–Trinajstić information content (AvgIpc) is 2.09. The second-order valence-corrected chi connectivity index (χ2v) is 3.89. The lowest BCUT2D eigenvalue weighted by Gasteiger charge is -2.05. The van der Waals surface area contributed by atoms with E-state index in [1.165, 1.54) is 0 Å². The highest BCUT2D eigenvalue weighted by Crippen LogP contribution is 2.31. The van der Waals surface area contributed by atoms with Gasteiger partial charge in [0.25, 0.3) is 0 Å². The van der Waals surface area contributed by atoms with Crippen LogP contribution >= 0.6 is 27.5 Å². The molecule has 0 saturated carbocycles. The third-order valence-corrected chi connectivity index (χ3v) is 2.47. The van der Waals surface area contributed by atoms with Crippen molar-refractivity contribution in [2.45, 2.75) is 12.8 Å². The molecule has 1 rings (SSSR count). The summed E-state index contributed by atoms with van der Waals surface area (Å²) in [6.07, 6.45) is 6.36. The van der Waals surface area contributed by atoms with Crippen molar-refractivity contribution < 1.29 is 5.11 Å². The summed E-state index contributed by atoms with van der Waals surface area (Å²) in [6.45, 7) is 0. The molecule has 0 fully saturated rings. The second-order valence-electron chi connectivity index (χ2n) is 2.60. The Labute approximate surface area is 90.9 Å². The fourth-order valence-corrected chi connectivity index (χ4v) is 1.89. The summed E-state index contributed by atoms with van der Waals surface area (Å²) >= 11 is 9.01. The van der Waals surface area contributed by atoms with Crippen LogP contribution in [0.2, 0.25) is 5.02 Å². The van der Waals surface area contributed by atoms with E-state index in [0.717, 1.165) is 5.56 Å². The van der Waals surface area contributed by atoms with Crippen LogP contribution in [-0.2, 0) is 6.42 Å². The fourth-order valence-electron chi connectivity index (χ4n) is 1.02. The van der Waals surface area contributed by atoms with Gasteiger partial charge in [0.15, 0.2) is 0 Å². The summed E-state index contributed by atoms with van der Waals surface area (Å²) in [7, 11) is 0. The Morgan fingerprint density at radius 1 is 1.54 bits per heavy atom. The molecule has 1 nitrogen and oxygen atoms in total. The van der Waals surface area contributed by atoms with E-state index in [1.54, 1.807) is 12.1 Å². The Balaban J connectivity index is 3.00. The maximum atomic E-state index is 9.57. The Kier molecular flexibility index (Phi) is 3.65. The van der Waals surface area contributed by atoms with Crippen LogP contribution in [0, 0.1) is 12.3 Å². The molecule has 0 atom stereocenters. The maximum absolute atomic E-state index is 9.57. The molecule has 0 aromatic heterocycles. The first-order valence-corrected chi connectivity index (χ1v) is 4.92. The van der Waals surface area contributed by atoms with Crippen molar-refractivity contribution in [3.8, 4) is 18.1 Å². The van der Waals surface area contributed by atoms with Crippen molar-refractivity contribution in [2.24, 2.45) is 0 Å². The van der Waals surface area contributed by atoms with E-state index in [-0.39, 0.29) is 5.75 Å². The third kappa shape index (κ3) is 2.65. The number of aromatic hydroxyl groups is 1. The van der Waals surface area contributed by atoms with Crippen LogP contribution in [0.25, 0.3) is 0 Å². The van der Waals surface area contributed by atoms with Crippen LogP contribution in [0.1, 0.15) is 12.0 Å². The van der Waals surface area contributed by atoms with Crippen molar-refractivity contribution in [1.82, 2.24) is 0 Å². The first-order chi connectivity index (χ1) is 6.15. The minimum atomic E-state index is 0.222. The van der Waals surface area contributed by atoms with Gasteiger partial charge in [0.2, 0.25) is 0 Å². The van der Waals surface area contributed by atoms with Gasteiger partial charge in [-0.15, -0.1) is 12.3 Å². The molecular formula is C10H8BrClO. The number of hydrogen-bond donors (Lipinski definition) is 1. The van der Waals surface area contributed by atoms with Gasteiger partial charge in [0.1, 0.15) is 5.75 Å². The number of halogens is 2. The van der Waals surface area contributed by atoms with E-state index in [9.17, 15) is 5.11 Å². The van der Waals surface area contributed by atoms with Crippen molar-refractivity contribution in [3.63, 3.8) is 0 Å². The topological polar surface area (TPSA) is 20.2 Å². The molecule has 0 radical (unpaired) electrons. The molecule has 0 unspecified atom stereocenters. The predicted octanol–water partition coefficient (Wildman–Crippen LogP) is 3.37. The maximum Gasteiger partial charge on any atom is 0.133 e. The number of rotatable bonds is 2. The molecule has 68 valence electrons. The Morgan fingerprint density at radius 2 is 2.23 bits per heavy atom. The largest absolute Gasteiger partial charge is 0.506 e. The van der Waals surface area contributed by atoms with E-state index in [1.807, 2.05) is 0 Å². The molecule has 0 spiro atoms. The standard InChI is InChI=1S/C10H8BrClO/c1-2-3-4-7-5-8(12)6-9(11)10(7)13/h1,5-6,13H,3-4H2. The van der Waals surface area contributed by atoms with Crippen molar-refractivity contribution in [3.05, 3.63) is 27.2 Å². The van der Waals surface area contributed by atoms with Crippen molar-refractivity contribution >= 4 is 27.5 Å². The molecule has 1 N–H and O–H groups in total. The highest BCUT2D eigenvalue weighted by molar-refractivity contribution is 9.10. The van der Waals surface area contributed by atoms with Crippen LogP contribution in [0.4, 0.5) is 0 Å². The summed E-state index contributed by atoms with van der Waals surface area (Å²) in [5, 5.41) is 10.2. The highest BCUT2D eigenvalue weighted by Gasteiger charge is 2.06. The Bertz CT molecular complexity index is 355. The summed E-state index contributed by atoms with van der Waals surface area (Å²) < 4.78 is 0.604. The van der Waals surface area contributed by atoms with Gasteiger partial charge in [-0.3, -0.25) is 0 Å².